The Kier molecular flexibility index (Phi) is 3.98. The number of aryl methyl sites for hydroxylation is 4. The summed E-state index contributed by atoms with van der Waals surface area (Å²) in [6, 6.07) is 18.3. The van der Waals surface area contributed by atoms with Crippen LogP contribution in [0.25, 0.3) is 33.5 Å². The molecule has 4 heteroatoms. The first kappa shape index (κ1) is 15.4. The van der Waals surface area contributed by atoms with E-state index in [2.05, 4.69) is 0 Å². The van der Waals surface area contributed by atoms with E-state index in [0.29, 0.717) is 22.4 Å². The smallest absolute Gasteiger partial charge is 0.201 e. The first-order valence-corrected chi connectivity index (χ1v) is 10.0. The van der Waals surface area contributed by atoms with Crippen LogP contribution in [0.15, 0.2) is 79.0 Å². The van der Waals surface area contributed by atoms with Gasteiger partial charge >= 0.3 is 6.18 Å². The molecule has 0 aliphatic rings. The second-order valence-corrected chi connectivity index (χ2v) is 7.71. The van der Waals surface area contributed by atoms with Gasteiger partial charge in [0.25, 0.3) is 0 Å². The lowest BCUT2D eigenvalue weighted by Crippen LogP contribution is -2.30. The number of rotatable bonds is 3. The molecule has 4 rings (SSSR count). The molecule has 0 amide bonds. The van der Waals surface area contributed by atoms with Crippen LogP contribution < -0.4 is 4.57 Å². The molecule has 0 bridgehead atoms. The van der Waals surface area contributed by atoms with E-state index in [9.17, 15) is 13.2 Å². The van der Waals surface area contributed by atoms with Crippen LogP contribution in [-0.4, -0.2) is 0 Å². The number of hydrogen-bond acceptors (Lipinski definition) is 0. The number of alkyl halides is 3. The van der Waals surface area contributed by atoms with Gasteiger partial charge < -0.3 is 0 Å². The molecule has 0 fully saturated rings. The number of halogens is 3. The molecule has 0 unspecified atom stereocenters. The van der Waals surface area contributed by atoms with Crippen molar-refractivity contribution >= 4 is 0 Å². The molecule has 0 aliphatic heterocycles. The van der Waals surface area contributed by atoms with Crippen LogP contribution in [-0.2, 0) is 13.2 Å². The summed E-state index contributed by atoms with van der Waals surface area (Å²) in [7, 11) is 1.74. The standard InChI is InChI=1S/C28H25F3N/c1-18-8-5-6-10-23(18)21-13-12-19(2)24(16-21)26-17-22(14-15-32(26)4)27-20(3)9-7-11-25(27)28(29,30)31/h5-17H,1-4H3/q+1/i1D3,3D3. The summed E-state index contributed by atoms with van der Waals surface area (Å²) in [5.74, 6) is 0. The van der Waals surface area contributed by atoms with Crippen LogP contribution >= 0.6 is 0 Å². The molecule has 0 N–H and O–H groups in total. The van der Waals surface area contributed by atoms with E-state index in [4.69, 9.17) is 8.22 Å². The van der Waals surface area contributed by atoms with Crippen molar-refractivity contribution in [2.75, 3.05) is 0 Å². The molecule has 1 heterocycles. The van der Waals surface area contributed by atoms with Crippen molar-refractivity contribution in [2.45, 2.75) is 26.8 Å². The van der Waals surface area contributed by atoms with Gasteiger partial charge in [-0.25, -0.2) is 4.57 Å². The largest absolute Gasteiger partial charge is 0.417 e. The Morgan fingerprint density at radius 2 is 1.50 bits per heavy atom. The minimum Gasteiger partial charge on any atom is -0.201 e. The maximum absolute atomic E-state index is 14.0. The van der Waals surface area contributed by atoms with Crippen LogP contribution in [0.1, 0.15) is 30.5 Å². The van der Waals surface area contributed by atoms with E-state index in [1.54, 1.807) is 60.3 Å². The van der Waals surface area contributed by atoms with Gasteiger partial charge in [-0.05, 0) is 71.7 Å². The van der Waals surface area contributed by atoms with E-state index in [1.807, 2.05) is 13.0 Å². The number of pyridine rings is 1. The lowest BCUT2D eigenvalue weighted by atomic mass is 9.92. The van der Waals surface area contributed by atoms with Crippen LogP contribution in [0.2, 0.25) is 0 Å². The SMILES string of the molecule is [2H]C([2H])([2H])c1ccccc1-c1ccc(C)c(-c2cc(-c3c(C([2H])([2H])[2H])cccc3C(F)(F)F)cc[n+]2C)c1. The van der Waals surface area contributed by atoms with Crippen molar-refractivity contribution in [1.29, 1.82) is 0 Å². The fourth-order valence-corrected chi connectivity index (χ4v) is 3.89. The van der Waals surface area contributed by atoms with Gasteiger partial charge in [0.05, 0.1) is 5.56 Å². The molecule has 0 spiro atoms. The minimum atomic E-state index is -4.76. The Hall–Kier alpha value is -3.40. The Morgan fingerprint density at radius 3 is 2.25 bits per heavy atom. The van der Waals surface area contributed by atoms with Gasteiger partial charge in [-0.15, -0.1) is 0 Å². The van der Waals surface area contributed by atoms with Gasteiger partial charge in [0, 0.05) is 25.9 Å². The Morgan fingerprint density at radius 1 is 0.750 bits per heavy atom. The second kappa shape index (κ2) is 8.27. The highest BCUT2D eigenvalue weighted by molar-refractivity contribution is 5.78. The summed E-state index contributed by atoms with van der Waals surface area (Å²) in [5, 5.41) is 0. The average Bonchev–Trinajstić information content (AvgIpc) is 2.83. The van der Waals surface area contributed by atoms with Gasteiger partial charge in [0.1, 0.15) is 7.05 Å². The Bertz CT molecular complexity index is 1470. The molecule has 0 saturated heterocycles. The van der Waals surface area contributed by atoms with E-state index in [-0.39, 0.29) is 22.3 Å². The van der Waals surface area contributed by atoms with Crippen molar-refractivity contribution < 1.29 is 26.0 Å². The summed E-state index contributed by atoms with van der Waals surface area (Å²) < 4.78 is 91.1. The van der Waals surface area contributed by atoms with E-state index < -0.39 is 25.4 Å². The molecule has 0 saturated carbocycles. The minimum absolute atomic E-state index is 0.116. The van der Waals surface area contributed by atoms with Gasteiger partial charge in [0.2, 0.25) is 5.69 Å². The van der Waals surface area contributed by atoms with Gasteiger partial charge in [-0.2, -0.15) is 13.2 Å². The summed E-state index contributed by atoms with van der Waals surface area (Å²) in [6.07, 6.45) is -3.17. The molecule has 0 radical (unpaired) electrons. The first-order chi connectivity index (χ1) is 17.6. The van der Waals surface area contributed by atoms with Crippen molar-refractivity contribution in [1.82, 2.24) is 0 Å². The third-order valence-electron chi connectivity index (χ3n) is 5.56. The molecule has 162 valence electrons. The molecular formula is C28H25F3N+. The zero-order valence-electron chi connectivity index (χ0n) is 23.6. The average molecular weight is 439 g/mol. The quantitative estimate of drug-likeness (QED) is 0.292. The summed E-state index contributed by atoms with van der Waals surface area (Å²) in [5.41, 5.74) is 1.71. The van der Waals surface area contributed by atoms with Crippen LogP contribution in [0.4, 0.5) is 13.2 Å². The topological polar surface area (TPSA) is 3.88 Å². The lowest BCUT2D eigenvalue weighted by molar-refractivity contribution is -0.660. The summed E-state index contributed by atoms with van der Waals surface area (Å²) in [4.78, 5) is 0. The van der Waals surface area contributed by atoms with Crippen LogP contribution in [0.5, 0.6) is 0 Å². The van der Waals surface area contributed by atoms with Crippen molar-refractivity contribution in [3.05, 3.63) is 101 Å². The maximum atomic E-state index is 14.0. The second-order valence-electron chi connectivity index (χ2n) is 7.71. The molecular weight excluding hydrogens is 407 g/mol. The normalized spacial score (nSPS) is 15.2. The van der Waals surface area contributed by atoms with Crippen LogP contribution in [0.3, 0.4) is 0 Å². The predicted octanol–water partition coefficient (Wildman–Crippen LogP) is 7.46. The Balaban J connectivity index is 1.97. The fourth-order valence-electron chi connectivity index (χ4n) is 3.89. The molecule has 32 heavy (non-hydrogen) atoms. The number of hydrogen-bond donors (Lipinski definition) is 0. The molecule has 1 nitrogen and oxygen atoms in total. The first-order valence-electron chi connectivity index (χ1n) is 13.0. The summed E-state index contributed by atoms with van der Waals surface area (Å²) >= 11 is 0. The highest BCUT2D eigenvalue weighted by Crippen LogP contribution is 2.39. The molecule has 1 aromatic heterocycles. The number of aromatic nitrogens is 1. The fraction of sp³-hybridized carbons (Fsp3) is 0.179. The van der Waals surface area contributed by atoms with Crippen molar-refractivity contribution in [2.24, 2.45) is 7.05 Å². The number of benzene rings is 3. The molecule has 0 atom stereocenters. The molecule has 4 aromatic rings. The monoisotopic (exact) mass is 438 g/mol. The van der Waals surface area contributed by atoms with E-state index in [1.165, 1.54) is 12.1 Å². The molecule has 0 aliphatic carbocycles. The lowest BCUT2D eigenvalue weighted by Gasteiger charge is -2.16. The zero-order valence-corrected chi connectivity index (χ0v) is 17.6. The van der Waals surface area contributed by atoms with Crippen molar-refractivity contribution in [3.63, 3.8) is 0 Å². The van der Waals surface area contributed by atoms with Gasteiger partial charge in [-0.1, -0.05) is 48.5 Å². The van der Waals surface area contributed by atoms with E-state index >= 15 is 0 Å². The number of nitrogens with zero attached hydrogens (tertiary/aromatic N) is 1. The Labute approximate surface area is 195 Å². The van der Waals surface area contributed by atoms with Crippen molar-refractivity contribution in [3.8, 4) is 33.5 Å². The van der Waals surface area contributed by atoms with Crippen LogP contribution in [0, 0.1) is 20.6 Å². The molecule has 3 aromatic carbocycles. The third kappa shape index (κ3) is 4.05. The van der Waals surface area contributed by atoms with Gasteiger partial charge in [-0.3, -0.25) is 0 Å². The maximum Gasteiger partial charge on any atom is 0.417 e. The highest BCUT2D eigenvalue weighted by Gasteiger charge is 2.34. The third-order valence-corrected chi connectivity index (χ3v) is 5.56. The van der Waals surface area contributed by atoms with E-state index in [0.717, 1.165) is 17.7 Å². The summed E-state index contributed by atoms with van der Waals surface area (Å²) in [6.45, 7) is -3.25. The van der Waals surface area contributed by atoms with Gasteiger partial charge in [0.15, 0.2) is 6.20 Å². The highest BCUT2D eigenvalue weighted by atomic mass is 19.4. The zero-order chi connectivity index (χ0) is 28.0. The predicted molar refractivity (Wildman–Crippen MR) is 123 cm³/mol.